The first-order chi connectivity index (χ1) is 5.65. The summed E-state index contributed by atoms with van der Waals surface area (Å²) < 4.78 is 0. The molecule has 0 bridgehead atoms. The molecule has 1 aromatic rings. The third kappa shape index (κ3) is 1.86. The molecule has 0 amide bonds. The van der Waals surface area contributed by atoms with Crippen LogP contribution in [0.25, 0.3) is 0 Å². The summed E-state index contributed by atoms with van der Waals surface area (Å²) in [6.45, 7) is 3.98. The maximum Gasteiger partial charge on any atom is 0.252 e. The predicted molar refractivity (Wildman–Crippen MR) is 50.7 cm³/mol. The van der Waals surface area contributed by atoms with Crippen molar-refractivity contribution < 1.29 is 4.79 Å². The minimum Gasteiger partial charge on any atom is -0.276 e. The van der Waals surface area contributed by atoms with E-state index in [0.29, 0.717) is 5.56 Å². The Bertz CT molecular complexity index is 305. The molecule has 0 atom stereocenters. The average Bonchev–Trinajstić information content (AvgIpc) is 2.03. The van der Waals surface area contributed by atoms with Crippen LogP contribution in [0.1, 0.15) is 28.4 Å². The van der Waals surface area contributed by atoms with Gasteiger partial charge in [-0.15, -0.1) is 0 Å². The minimum atomic E-state index is -0.379. The molecule has 12 heavy (non-hydrogen) atoms. The lowest BCUT2D eigenvalue weighted by molar-refractivity contribution is 0.108. The number of aryl methyl sites for hydroxylation is 2. The summed E-state index contributed by atoms with van der Waals surface area (Å²) in [5, 5.41) is -0.379. The van der Waals surface area contributed by atoms with E-state index in [0.717, 1.165) is 12.0 Å². The van der Waals surface area contributed by atoms with E-state index in [-0.39, 0.29) is 5.24 Å². The molecule has 1 nitrogen and oxygen atoms in total. The molecule has 0 aliphatic carbocycles. The Kier molecular flexibility index (Phi) is 2.88. The number of hydrogen-bond donors (Lipinski definition) is 0. The Labute approximate surface area is 77.4 Å². The highest BCUT2D eigenvalue weighted by molar-refractivity contribution is 6.67. The van der Waals surface area contributed by atoms with Crippen LogP contribution in [0.2, 0.25) is 0 Å². The van der Waals surface area contributed by atoms with Crippen molar-refractivity contribution in [2.45, 2.75) is 20.3 Å². The molecular weight excluding hydrogens is 172 g/mol. The number of carbonyl (C=O) groups is 1. The number of hydrogen-bond acceptors (Lipinski definition) is 1. The van der Waals surface area contributed by atoms with Gasteiger partial charge in [-0.2, -0.15) is 0 Å². The minimum absolute atomic E-state index is 0.379. The second kappa shape index (κ2) is 3.72. The summed E-state index contributed by atoms with van der Waals surface area (Å²) in [5.74, 6) is 0. The average molecular weight is 183 g/mol. The maximum absolute atomic E-state index is 10.8. The van der Waals surface area contributed by atoms with Gasteiger partial charge in [0.15, 0.2) is 0 Å². The highest BCUT2D eigenvalue weighted by Gasteiger charge is 2.04. The molecule has 0 spiro atoms. The van der Waals surface area contributed by atoms with Crippen LogP contribution in [-0.4, -0.2) is 5.24 Å². The SMILES string of the molecule is CCc1ccc(C(=O)Cl)c(C)c1. The van der Waals surface area contributed by atoms with Crippen molar-refractivity contribution in [3.63, 3.8) is 0 Å². The standard InChI is InChI=1S/C10H11ClO/c1-3-8-4-5-9(10(11)12)7(2)6-8/h4-6H,3H2,1-2H3. The molecule has 0 N–H and O–H groups in total. The Morgan fingerprint density at radius 1 is 1.50 bits per heavy atom. The van der Waals surface area contributed by atoms with Crippen molar-refractivity contribution in [3.8, 4) is 0 Å². The normalized spacial score (nSPS) is 9.92. The fourth-order valence-corrected chi connectivity index (χ4v) is 1.38. The topological polar surface area (TPSA) is 17.1 Å². The molecule has 64 valence electrons. The molecule has 0 aliphatic rings. The largest absolute Gasteiger partial charge is 0.276 e. The predicted octanol–water partition coefficient (Wildman–Crippen LogP) is 2.94. The first-order valence-electron chi connectivity index (χ1n) is 3.94. The van der Waals surface area contributed by atoms with Crippen LogP contribution < -0.4 is 0 Å². The zero-order valence-electron chi connectivity index (χ0n) is 7.23. The lowest BCUT2D eigenvalue weighted by Crippen LogP contribution is -1.94. The van der Waals surface area contributed by atoms with Crippen LogP contribution in [0.3, 0.4) is 0 Å². The van der Waals surface area contributed by atoms with E-state index in [1.165, 1.54) is 5.56 Å². The summed E-state index contributed by atoms with van der Waals surface area (Å²) in [6.07, 6.45) is 0.984. The maximum atomic E-state index is 10.8. The van der Waals surface area contributed by atoms with E-state index in [1.807, 2.05) is 19.1 Å². The van der Waals surface area contributed by atoms with Gasteiger partial charge in [0, 0.05) is 5.56 Å². The molecular formula is C10H11ClO. The van der Waals surface area contributed by atoms with Crippen molar-refractivity contribution in [1.29, 1.82) is 0 Å². The Balaban J connectivity index is 3.12. The van der Waals surface area contributed by atoms with E-state index in [1.54, 1.807) is 6.07 Å². The lowest BCUT2D eigenvalue weighted by Gasteiger charge is -2.02. The molecule has 1 rings (SSSR count). The van der Waals surface area contributed by atoms with Gasteiger partial charge in [-0.25, -0.2) is 0 Å². The molecule has 0 unspecified atom stereocenters. The summed E-state index contributed by atoms with van der Waals surface area (Å²) in [6, 6.07) is 5.71. The van der Waals surface area contributed by atoms with Gasteiger partial charge in [-0.05, 0) is 42.1 Å². The van der Waals surface area contributed by atoms with Crippen molar-refractivity contribution in [1.82, 2.24) is 0 Å². The fourth-order valence-electron chi connectivity index (χ4n) is 1.17. The van der Waals surface area contributed by atoms with Gasteiger partial charge in [0.05, 0.1) is 0 Å². The number of benzene rings is 1. The van der Waals surface area contributed by atoms with Crippen molar-refractivity contribution in [2.75, 3.05) is 0 Å². The van der Waals surface area contributed by atoms with Gasteiger partial charge in [-0.1, -0.05) is 19.1 Å². The van der Waals surface area contributed by atoms with Gasteiger partial charge in [-0.3, -0.25) is 4.79 Å². The van der Waals surface area contributed by atoms with Gasteiger partial charge < -0.3 is 0 Å². The van der Waals surface area contributed by atoms with Crippen molar-refractivity contribution in [2.24, 2.45) is 0 Å². The zero-order valence-corrected chi connectivity index (χ0v) is 7.98. The Morgan fingerprint density at radius 3 is 2.58 bits per heavy atom. The van der Waals surface area contributed by atoms with Crippen molar-refractivity contribution >= 4 is 16.8 Å². The Morgan fingerprint density at radius 2 is 2.17 bits per heavy atom. The van der Waals surface area contributed by atoms with Gasteiger partial charge in [0.1, 0.15) is 0 Å². The quantitative estimate of drug-likeness (QED) is 0.643. The molecule has 2 heteroatoms. The second-order valence-electron chi connectivity index (χ2n) is 2.78. The third-order valence-electron chi connectivity index (χ3n) is 1.91. The van der Waals surface area contributed by atoms with Crippen LogP contribution in [0, 0.1) is 6.92 Å². The monoisotopic (exact) mass is 182 g/mol. The molecule has 0 saturated heterocycles. The fraction of sp³-hybridized carbons (Fsp3) is 0.300. The molecule has 0 heterocycles. The lowest BCUT2D eigenvalue weighted by atomic mass is 10.0. The van der Waals surface area contributed by atoms with E-state index >= 15 is 0 Å². The summed E-state index contributed by atoms with van der Waals surface area (Å²) >= 11 is 5.37. The molecule has 0 saturated carbocycles. The van der Waals surface area contributed by atoms with Gasteiger partial charge in [0.2, 0.25) is 0 Å². The molecule has 0 aromatic heterocycles. The molecule has 0 aliphatic heterocycles. The summed E-state index contributed by atoms with van der Waals surface area (Å²) in [7, 11) is 0. The van der Waals surface area contributed by atoms with Crippen LogP contribution >= 0.6 is 11.6 Å². The molecule has 0 radical (unpaired) electrons. The highest BCUT2D eigenvalue weighted by Crippen LogP contribution is 2.13. The number of rotatable bonds is 2. The van der Waals surface area contributed by atoms with E-state index in [4.69, 9.17) is 11.6 Å². The van der Waals surface area contributed by atoms with Crippen LogP contribution in [0.5, 0.6) is 0 Å². The van der Waals surface area contributed by atoms with Crippen molar-refractivity contribution in [3.05, 3.63) is 34.9 Å². The zero-order chi connectivity index (χ0) is 9.14. The highest BCUT2D eigenvalue weighted by atomic mass is 35.5. The van der Waals surface area contributed by atoms with Crippen LogP contribution in [0.15, 0.2) is 18.2 Å². The molecule has 0 fully saturated rings. The first kappa shape index (κ1) is 9.27. The van der Waals surface area contributed by atoms with E-state index in [9.17, 15) is 4.79 Å². The number of carbonyl (C=O) groups excluding carboxylic acids is 1. The first-order valence-corrected chi connectivity index (χ1v) is 4.32. The summed E-state index contributed by atoms with van der Waals surface area (Å²) in [4.78, 5) is 10.8. The third-order valence-corrected chi connectivity index (χ3v) is 2.11. The Hall–Kier alpha value is -0.820. The summed E-state index contributed by atoms with van der Waals surface area (Å²) in [5.41, 5.74) is 2.79. The molecule has 1 aromatic carbocycles. The smallest absolute Gasteiger partial charge is 0.252 e. The van der Waals surface area contributed by atoms with Gasteiger partial charge >= 0.3 is 0 Å². The van der Waals surface area contributed by atoms with E-state index < -0.39 is 0 Å². The van der Waals surface area contributed by atoms with Crippen LogP contribution in [-0.2, 0) is 6.42 Å². The van der Waals surface area contributed by atoms with Gasteiger partial charge in [0.25, 0.3) is 5.24 Å². The van der Waals surface area contributed by atoms with Crippen LogP contribution in [0.4, 0.5) is 0 Å². The van der Waals surface area contributed by atoms with E-state index in [2.05, 4.69) is 6.92 Å². The number of halogens is 1. The second-order valence-corrected chi connectivity index (χ2v) is 3.12.